The standard InChI is InChI=1S/C7H8.C6H6O.C2H6/c1-7-5-3-2-4-6-7;7-6-4-2-1-3-5-6;1-2/h2-6H,1H3;1-5,7H;1-2H3. The monoisotopic (exact) mass is 216 g/mol. The molecule has 1 heteroatoms. The minimum atomic E-state index is 0.322. The first-order chi connectivity index (χ1) is 7.79. The van der Waals surface area contributed by atoms with Gasteiger partial charge in [0, 0.05) is 0 Å². The average Bonchev–Trinajstić information content (AvgIpc) is 2.34. The predicted molar refractivity (Wildman–Crippen MR) is 70.6 cm³/mol. The summed E-state index contributed by atoms with van der Waals surface area (Å²) >= 11 is 0. The minimum absolute atomic E-state index is 0.322. The third kappa shape index (κ3) is 7.63. The van der Waals surface area contributed by atoms with E-state index in [4.69, 9.17) is 5.11 Å². The first-order valence-electron chi connectivity index (χ1n) is 5.54. The van der Waals surface area contributed by atoms with Crippen molar-refractivity contribution in [2.45, 2.75) is 20.8 Å². The molecule has 0 aromatic heterocycles. The van der Waals surface area contributed by atoms with E-state index in [1.807, 2.05) is 38.1 Å². The molecule has 2 aromatic carbocycles. The zero-order chi connectivity index (χ0) is 12.2. The first-order valence-corrected chi connectivity index (χ1v) is 5.54. The van der Waals surface area contributed by atoms with Crippen LogP contribution < -0.4 is 0 Å². The zero-order valence-electron chi connectivity index (χ0n) is 10.2. The van der Waals surface area contributed by atoms with E-state index in [-0.39, 0.29) is 0 Å². The van der Waals surface area contributed by atoms with E-state index in [2.05, 4.69) is 19.1 Å². The van der Waals surface area contributed by atoms with Crippen molar-refractivity contribution in [2.24, 2.45) is 0 Å². The second-order valence-corrected chi connectivity index (χ2v) is 2.99. The fourth-order valence-electron chi connectivity index (χ4n) is 0.962. The molecule has 2 aromatic rings. The normalized spacial score (nSPS) is 7.94. The Hall–Kier alpha value is -1.76. The summed E-state index contributed by atoms with van der Waals surface area (Å²) in [5.74, 6) is 0.322. The molecule has 0 aliphatic heterocycles. The second-order valence-electron chi connectivity index (χ2n) is 2.99. The Labute approximate surface area is 98.4 Å². The smallest absolute Gasteiger partial charge is 0.115 e. The van der Waals surface area contributed by atoms with Crippen molar-refractivity contribution < 1.29 is 5.11 Å². The summed E-state index contributed by atoms with van der Waals surface area (Å²) in [6.07, 6.45) is 0. The van der Waals surface area contributed by atoms with Crippen LogP contribution in [-0.2, 0) is 0 Å². The topological polar surface area (TPSA) is 20.2 Å². The molecule has 1 N–H and O–H groups in total. The van der Waals surface area contributed by atoms with Gasteiger partial charge in [0.15, 0.2) is 0 Å². The number of hydrogen-bond acceptors (Lipinski definition) is 1. The van der Waals surface area contributed by atoms with Crippen LogP contribution in [0.5, 0.6) is 5.75 Å². The first kappa shape index (κ1) is 14.2. The molecule has 0 atom stereocenters. The van der Waals surface area contributed by atoms with Gasteiger partial charge in [-0.3, -0.25) is 0 Å². The van der Waals surface area contributed by atoms with Crippen LogP contribution in [-0.4, -0.2) is 5.11 Å². The van der Waals surface area contributed by atoms with Gasteiger partial charge in [0.25, 0.3) is 0 Å². The van der Waals surface area contributed by atoms with Crippen LogP contribution in [0.4, 0.5) is 0 Å². The molecule has 1 nitrogen and oxygen atoms in total. The van der Waals surface area contributed by atoms with E-state index in [0.29, 0.717) is 5.75 Å². The highest BCUT2D eigenvalue weighted by atomic mass is 16.3. The third-order valence-electron chi connectivity index (χ3n) is 1.70. The SMILES string of the molecule is CC.Cc1ccccc1.Oc1ccccc1. The fraction of sp³-hybridized carbons (Fsp3) is 0.200. The molecule has 0 radical (unpaired) electrons. The quantitative estimate of drug-likeness (QED) is 0.691. The van der Waals surface area contributed by atoms with Gasteiger partial charge in [-0.25, -0.2) is 0 Å². The molecule has 0 unspecified atom stereocenters. The van der Waals surface area contributed by atoms with Gasteiger partial charge in [-0.1, -0.05) is 67.9 Å². The van der Waals surface area contributed by atoms with E-state index in [9.17, 15) is 0 Å². The zero-order valence-corrected chi connectivity index (χ0v) is 10.2. The van der Waals surface area contributed by atoms with E-state index in [1.54, 1.807) is 24.3 Å². The van der Waals surface area contributed by atoms with Crippen LogP contribution in [0.1, 0.15) is 19.4 Å². The number of benzene rings is 2. The lowest BCUT2D eigenvalue weighted by molar-refractivity contribution is 0.475. The molecule has 0 saturated carbocycles. The second kappa shape index (κ2) is 9.78. The number of aromatic hydroxyl groups is 1. The Bertz CT molecular complexity index is 303. The maximum absolute atomic E-state index is 8.63. The number of hydrogen-bond donors (Lipinski definition) is 1. The largest absolute Gasteiger partial charge is 0.508 e. The molecule has 0 heterocycles. The van der Waals surface area contributed by atoms with Gasteiger partial charge in [-0.15, -0.1) is 0 Å². The lowest BCUT2D eigenvalue weighted by Crippen LogP contribution is -1.62. The highest BCUT2D eigenvalue weighted by Gasteiger charge is 1.74. The molecule has 0 fully saturated rings. The molecule has 86 valence electrons. The van der Waals surface area contributed by atoms with Crippen molar-refractivity contribution in [3.63, 3.8) is 0 Å². The highest BCUT2D eigenvalue weighted by molar-refractivity contribution is 5.18. The third-order valence-corrected chi connectivity index (χ3v) is 1.70. The van der Waals surface area contributed by atoms with Gasteiger partial charge < -0.3 is 5.11 Å². The Morgan fingerprint density at radius 3 is 1.25 bits per heavy atom. The number of phenolic OH excluding ortho intramolecular Hbond substituents is 1. The lowest BCUT2D eigenvalue weighted by atomic mass is 10.2. The average molecular weight is 216 g/mol. The summed E-state index contributed by atoms with van der Waals surface area (Å²) in [5, 5.41) is 8.63. The summed E-state index contributed by atoms with van der Waals surface area (Å²) in [7, 11) is 0. The van der Waals surface area contributed by atoms with Crippen molar-refractivity contribution in [3.05, 3.63) is 66.2 Å². The van der Waals surface area contributed by atoms with Crippen molar-refractivity contribution in [1.82, 2.24) is 0 Å². The minimum Gasteiger partial charge on any atom is -0.508 e. The lowest BCUT2D eigenvalue weighted by Gasteiger charge is -1.82. The van der Waals surface area contributed by atoms with Crippen LogP contribution in [0.2, 0.25) is 0 Å². The molecule has 0 aliphatic carbocycles. The highest BCUT2D eigenvalue weighted by Crippen LogP contribution is 2.02. The number of para-hydroxylation sites is 1. The fourth-order valence-corrected chi connectivity index (χ4v) is 0.962. The van der Waals surface area contributed by atoms with Crippen molar-refractivity contribution in [3.8, 4) is 5.75 Å². The molecule has 0 bridgehead atoms. The van der Waals surface area contributed by atoms with Gasteiger partial charge in [0.2, 0.25) is 0 Å². The maximum atomic E-state index is 8.63. The van der Waals surface area contributed by atoms with Gasteiger partial charge in [-0.2, -0.15) is 0 Å². The summed E-state index contributed by atoms with van der Waals surface area (Å²) in [6.45, 7) is 6.08. The van der Waals surface area contributed by atoms with Crippen molar-refractivity contribution in [2.75, 3.05) is 0 Å². The molecule has 0 spiro atoms. The van der Waals surface area contributed by atoms with Crippen LogP contribution in [0.15, 0.2) is 60.7 Å². The number of rotatable bonds is 0. The van der Waals surface area contributed by atoms with E-state index in [0.717, 1.165) is 0 Å². The Kier molecular flexibility index (Phi) is 8.71. The van der Waals surface area contributed by atoms with Crippen LogP contribution in [0.25, 0.3) is 0 Å². The summed E-state index contributed by atoms with van der Waals surface area (Å²) < 4.78 is 0. The Balaban J connectivity index is 0.000000244. The van der Waals surface area contributed by atoms with Crippen molar-refractivity contribution >= 4 is 0 Å². The summed E-state index contributed by atoms with van der Waals surface area (Å²) in [5.41, 5.74) is 1.32. The maximum Gasteiger partial charge on any atom is 0.115 e. The molecule has 2 rings (SSSR count). The van der Waals surface area contributed by atoms with Crippen LogP contribution >= 0.6 is 0 Å². The molecular formula is C15H20O. The molecule has 16 heavy (non-hydrogen) atoms. The Morgan fingerprint density at radius 1 is 0.688 bits per heavy atom. The van der Waals surface area contributed by atoms with E-state index < -0.39 is 0 Å². The number of aryl methyl sites for hydroxylation is 1. The van der Waals surface area contributed by atoms with Crippen LogP contribution in [0.3, 0.4) is 0 Å². The molecule has 0 amide bonds. The van der Waals surface area contributed by atoms with E-state index in [1.165, 1.54) is 5.56 Å². The summed E-state index contributed by atoms with van der Waals surface area (Å²) in [4.78, 5) is 0. The van der Waals surface area contributed by atoms with Crippen LogP contribution in [0, 0.1) is 6.92 Å². The molecule has 0 saturated heterocycles. The summed E-state index contributed by atoms with van der Waals surface area (Å²) in [6, 6.07) is 19.0. The number of phenols is 1. The molecular weight excluding hydrogens is 196 g/mol. The van der Waals surface area contributed by atoms with Gasteiger partial charge >= 0.3 is 0 Å². The van der Waals surface area contributed by atoms with Gasteiger partial charge in [-0.05, 0) is 19.1 Å². The Morgan fingerprint density at radius 2 is 1.06 bits per heavy atom. The van der Waals surface area contributed by atoms with Crippen molar-refractivity contribution in [1.29, 1.82) is 0 Å². The van der Waals surface area contributed by atoms with Gasteiger partial charge in [0.1, 0.15) is 5.75 Å². The predicted octanol–water partition coefficient (Wildman–Crippen LogP) is 4.41. The molecule has 0 aliphatic rings. The van der Waals surface area contributed by atoms with E-state index >= 15 is 0 Å². The van der Waals surface area contributed by atoms with Gasteiger partial charge in [0.05, 0.1) is 0 Å².